The summed E-state index contributed by atoms with van der Waals surface area (Å²) in [7, 11) is 1.85. The van der Waals surface area contributed by atoms with Gasteiger partial charge in [-0.05, 0) is 42.6 Å². The van der Waals surface area contributed by atoms with Crippen LogP contribution in [0, 0.1) is 5.41 Å². The molecule has 1 amide bonds. The van der Waals surface area contributed by atoms with Crippen molar-refractivity contribution in [2.75, 3.05) is 12.8 Å². The van der Waals surface area contributed by atoms with Gasteiger partial charge in [-0.2, -0.15) is 12.6 Å². The molecular weight excluding hydrogens is 278 g/mol. The molecule has 1 fully saturated rings. The van der Waals surface area contributed by atoms with Crippen LogP contribution in [0.4, 0.5) is 0 Å². The Kier molecular flexibility index (Phi) is 4.46. The van der Waals surface area contributed by atoms with Crippen LogP contribution < -0.4 is 0 Å². The second kappa shape index (κ2) is 5.76. The van der Waals surface area contributed by atoms with Crippen molar-refractivity contribution in [1.82, 2.24) is 4.90 Å². The van der Waals surface area contributed by atoms with Crippen LogP contribution in [0.15, 0.2) is 24.3 Å². The predicted octanol–water partition coefficient (Wildman–Crippen LogP) is 3.96. The van der Waals surface area contributed by atoms with Crippen molar-refractivity contribution in [3.63, 3.8) is 0 Å². The minimum Gasteiger partial charge on any atom is -0.339 e. The van der Waals surface area contributed by atoms with E-state index in [1.165, 1.54) is 0 Å². The van der Waals surface area contributed by atoms with E-state index in [-0.39, 0.29) is 17.4 Å². The Morgan fingerprint density at radius 1 is 1.47 bits per heavy atom. The molecule has 2 rings (SSSR count). The number of halogens is 1. The third-order valence-corrected chi connectivity index (χ3v) is 5.16. The maximum atomic E-state index is 12.3. The number of hydrogen-bond acceptors (Lipinski definition) is 2. The molecule has 104 valence electrons. The van der Waals surface area contributed by atoms with Crippen molar-refractivity contribution < 1.29 is 4.79 Å². The Morgan fingerprint density at radius 3 is 2.63 bits per heavy atom. The Labute approximate surface area is 125 Å². The molecule has 1 saturated carbocycles. The van der Waals surface area contributed by atoms with Crippen LogP contribution >= 0.6 is 24.2 Å². The molecule has 1 aromatic carbocycles. The highest BCUT2D eigenvalue weighted by Gasteiger charge is 2.43. The Balaban J connectivity index is 2.05. The van der Waals surface area contributed by atoms with Gasteiger partial charge in [0.05, 0.1) is 6.04 Å². The molecule has 1 aliphatic rings. The van der Waals surface area contributed by atoms with Crippen LogP contribution in [-0.2, 0) is 4.79 Å². The van der Waals surface area contributed by atoms with Crippen LogP contribution in [0.25, 0.3) is 0 Å². The average molecular weight is 298 g/mol. The van der Waals surface area contributed by atoms with Crippen molar-refractivity contribution in [2.45, 2.75) is 32.2 Å². The van der Waals surface area contributed by atoms with Gasteiger partial charge in [-0.1, -0.05) is 29.8 Å². The van der Waals surface area contributed by atoms with Gasteiger partial charge in [0.15, 0.2) is 0 Å². The van der Waals surface area contributed by atoms with Crippen LogP contribution in [0.2, 0.25) is 5.02 Å². The van der Waals surface area contributed by atoms with Crippen molar-refractivity contribution in [2.24, 2.45) is 5.41 Å². The van der Waals surface area contributed by atoms with Gasteiger partial charge in [0.25, 0.3) is 0 Å². The van der Waals surface area contributed by atoms with E-state index in [1.54, 1.807) is 4.90 Å². The van der Waals surface area contributed by atoms with Crippen molar-refractivity contribution in [3.8, 4) is 0 Å². The standard InChI is InChI=1S/C15H20ClNOS/c1-11(12-5-3-4-6-13(12)16)17(2)14(18)9-15(10-19)7-8-15/h3-6,11,19H,7-10H2,1-2H3. The summed E-state index contributed by atoms with van der Waals surface area (Å²) in [6.45, 7) is 2.01. The number of rotatable bonds is 5. The Morgan fingerprint density at radius 2 is 2.11 bits per heavy atom. The first-order valence-corrected chi connectivity index (χ1v) is 7.61. The summed E-state index contributed by atoms with van der Waals surface area (Å²) in [6, 6.07) is 7.69. The lowest BCUT2D eigenvalue weighted by molar-refractivity contribution is -0.132. The highest BCUT2D eigenvalue weighted by molar-refractivity contribution is 7.80. The molecule has 1 aromatic rings. The highest BCUT2D eigenvalue weighted by atomic mass is 35.5. The number of thiol groups is 1. The molecule has 1 unspecified atom stereocenters. The van der Waals surface area contributed by atoms with Gasteiger partial charge >= 0.3 is 0 Å². The number of nitrogens with zero attached hydrogens (tertiary/aromatic N) is 1. The molecule has 0 spiro atoms. The zero-order chi connectivity index (χ0) is 14.0. The fourth-order valence-corrected chi connectivity index (χ4v) is 2.97. The molecule has 0 saturated heterocycles. The van der Waals surface area contributed by atoms with Crippen LogP contribution in [0.3, 0.4) is 0 Å². The largest absolute Gasteiger partial charge is 0.339 e. The highest BCUT2D eigenvalue weighted by Crippen LogP contribution is 2.50. The maximum absolute atomic E-state index is 12.3. The monoisotopic (exact) mass is 297 g/mol. The summed E-state index contributed by atoms with van der Waals surface area (Å²) in [5.74, 6) is 0.978. The van der Waals surface area contributed by atoms with Crippen molar-refractivity contribution >= 4 is 30.1 Å². The predicted molar refractivity (Wildman–Crippen MR) is 82.8 cm³/mol. The second-order valence-electron chi connectivity index (χ2n) is 5.54. The number of benzene rings is 1. The zero-order valence-corrected chi connectivity index (χ0v) is 13.0. The number of amides is 1. The van der Waals surface area contributed by atoms with E-state index in [1.807, 2.05) is 38.2 Å². The number of carbonyl (C=O) groups is 1. The summed E-state index contributed by atoms with van der Waals surface area (Å²) < 4.78 is 0. The minimum absolute atomic E-state index is 0.00285. The van der Waals surface area contributed by atoms with Gasteiger partial charge in [0, 0.05) is 18.5 Å². The maximum Gasteiger partial charge on any atom is 0.223 e. The molecule has 1 aliphatic carbocycles. The van der Waals surface area contributed by atoms with Gasteiger partial charge < -0.3 is 4.90 Å². The van der Waals surface area contributed by atoms with Crippen LogP contribution in [0.1, 0.15) is 37.8 Å². The normalized spacial score (nSPS) is 17.9. The SMILES string of the molecule is CC(c1ccccc1Cl)N(C)C(=O)CC1(CS)CC1. The number of hydrogen-bond donors (Lipinski definition) is 1. The molecule has 2 nitrogen and oxygen atoms in total. The van der Waals surface area contributed by atoms with Gasteiger partial charge in [-0.15, -0.1) is 0 Å². The third-order valence-electron chi connectivity index (χ3n) is 4.15. The molecule has 4 heteroatoms. The molecule has 0 heterocycles. The summed E-state index contributed by atoms with van der Waals surface area (Å²) in [5.41, 5.74) is 1.16. The topological polar surface area (TPSA) is 20.3 Å². The Bertz CT molecular complexity index is 473. The zero-order valence-electron chi connectivity index (χ0n) is 11.4. The minimum atomic E-state index is -0.00285. The molecule has 0 N–H and O–H groups in total. The molecule has 1 atom stereocenters. The third kappa shape index (κ3) is 3.26. The lowest BCUT2D eigenvalue weighted by Crippen LogP contribution is -2.31. The summed E-state index contributed by atoms with van der Waals surface area (Å²) >= 11 is 10.5. The van der Waals surface area contributed by atoms with Crippen molar-refractivity contribution in [1.29, 1.82) is 0 Å². The summed E-state index contributed by atoms with van der Waals surface area (Å²) in [5, 5.41) is 0.713. The van der Waals surface area contributed by atoms with E-state index in [0.29, 0.717) is 11.4 Å². The molecule has 19 heavy (non-hydrogen) atoms. The van der Waals surface area contributed by atoms with E-state index >= 15 is 0 Å². The van der Waals surface area contributed by atoms with Gasteiger partial charge in [-0.3, -0.25) is 4.79 Å². The van der Waals surface area contributed by atoms with Crippen LogP contribution in [0.5, 0.6) is 0 Å². The fourth-order valence-electron chi connectivity index (χ4n) is 2.25. The van der Waals surface area contributed by atoms with Crippen molar-refractivity contribution in [3.05, 3.63) is 34.9 Å². The van der Waals surface area contributed by atoms with E-state index in [9.17, 15) is 4.79 Å². The van der Waals surface area contributed by atoms with E-state index in [0.717, 1.165) is 24.2 Å². The molecule has 0 radical (unpaired) electrons. The summed E-state index contributed by atoms with van der Waals surface area (Å²) in [6.07, 6.45) is 2.84. The van der Waals surface area contributed by atoms with Gasteiger partial charge in [-0.25, -0.2) is 0 Å². The van der Waals surface area contributed by atoms with Gasteiger partial charge in [0.2, 0.25) is 5.91 Å². The molecule has 0 bridgehead atoms. The lowest BCUT2D eigenvalue weighted by atomic mass is 10.0. The number of carbonyl (C=O) groups excluding carboxylic acids is 1. The fraction of sp³-hybridized carbons (Fsp3) is 0.533. The first kappa shape index (κ1) is 14.7. The second-order valence-corrected chi connectivity index (χ2v) is 6.26. The Hall–Kier alpha value is -0.670. The smallest absolute Gasteiger partial charge is 0.223 e. The first-order valence-electron chi connectivity index (χ1n) is 6.60. The van der Waals surface area contributed by atoms with Crippen LogP contribution in [-0.4, -0.2) is 23.6 Å². The van der Waals surface area contributed by atoms with E-state index < -0.39 is 0 Å². The van der Waals surface area contributed by atoms with E-state index in [4.69, 9.17) is 11.6 Å². The summed E-state index contributed by atoms with van der Waals surface area (Å²) in [4.78, 5) is 14.1. The van der Waals surface area contributed by atoms with E-state index in [2.05, 4.69) is 12.6 Å². The lowest BCUT2D eigenvalue weighted by Gasteiger charge is -2.27. The average Bonchev–Trinajstić information content (AvgIpc) is 3.18. The quantitative estimate of drug-likeness (QED) is 0.816. The first-order chi connectivity index (χ1) is 8.99. The molecular formula is C15H20ClNOS. The van der Waals surface area contributed by atoms with Gasteiger partial charge in [0.1, 0.15) is 0 Å². The molecule has 0 aromatic heterocycles. The molecule has 0 aliphatic heterocycles.